The molecule has 0 aromatic rings. The van der Waals surface area contributed by atoms with Gasteiger partial charge in [-0.25, -0.2) is 0 Å². The Labute approximate surface area is 141 Å². The lowest BCUT2D eigenvalue weighted by Gasteiger charge is -2.41. The highest BCUT2D eigenvalue weighted by molar-refractivity contribution is 7.87. The molecule has 0 aliphatic rings. The molecule has 1 N–H and O–H groups in total. The van der Waals surface area contributed by atoms with Crippen LogP contribution in [-0.2, 0) is 23.7 Å². The normalized spacial score (nSPS) is 18.5. The summed E-state index contributed by atoms with van der Waals surface area (Å²) in [6.45, 7) is 12.7. The third kappa shape index (κ3) is 6.13. The smallest absolute Gasteiger partial charge is 0.312 e. The zero-order valence-electron chi connectivity index (χ0n) is 15.8. The molecule has 0 fully saturated rings. The topological polar surface area (TPSA) is 89.9 Å². The van der Waals surface area contributed by atoms with Gasteiger partial charge in [0.15, 0.2) is 0 Å². The van der Waals surface area contributed by atoms with Gasteiger partial charge in [-0.15, -0.1) is 0 Å². The fourth-order valence-corrected chi connectivity index (χ4v) is 6.37. The second-order valence-electron chi connectivity index (χ2n) is 8.65. The van der Waals surface area contributed by atoms with Gasteiger partial charge in [0.05, 0.1) is 10.4 Å². The summed E-state index contributed by atoms with van der Waals surface area (Å²) < 4.78 is 55.7. The van der Waals surface area contributed by atoms with E-state index in [0.29, 0.717) is 0 Å². The van der Waals surface area contributed by atoms with E-state index in [4.69, 9.17) is 9.05 Å². The van der Waals surface area contributed by atoms with E-state index in [2.05, 4.69) is 0 Å². The monoisotopic (exact) mass is 372 g/mol. The molecule has 0 aromatic carbocycles. The molecule has 0 spiro atoms. The van der Waals surface area contributed by atoms with Crippen molar-refractivity contribution >= 4 is 17.7 Å². The first-order valence-corrected chi connectivity index (χ1v) is 10.7. The van der Waals surface area contributed by atoms with Crippen LogP contribution in [0.4, 0.5) is 0 Å². The third-order valence-electron chi connectivity index (χ3n) is 4.04. The molecule has 23 heavy (non-hydrogen) atoms. The molecule has 0 saturated carbocycles. The summed E-state index contributed by atoms with van der Waals surface area (Å²) in [5.74, 6) is 0. The van der Waals surface area contributed by atoms with Crippen LogP contribution in [-0.4, -0.2) is 37.6 Å². The van der Waals surface area contributed by atoms with E-state index in [-0.39, 0.29) is 18.3 Å². The average Bonchev–Trinajstić information content (AvgIpc) is 2.30. The highest BCUT2D eigenvalue weighted by atomic mass is 32.2. The molecule has 2 atom stereocenters. The molecule has 0 amide bonds. The number of rotatable bonds is 7. The lowest BCUT2D eigenvalue weighted by molar-refractivity contribution is 0.210. The molecule has 6 nitrogen and oxygen atoms in total. The van der Waals surface area contributed by atoms with E-state index in [0.717, 1.165) is 0 Å². The van der Waals surface area contributed by atoms with Gasteiger partial charge in [0.1, 0.15) is 0 Å². The van der Waals surface area contributed by atoms with E-state index in [1.54, 1.807) is 0 Å². The molecule has 0 aliphatic carbocycles. The van der Waals surface area contributed by atoms with Crippen LogP contribution in [0.2, 0.25) is 0 Å². The van der Waals surface area contributed by atoms with Gasteiger partial charge in [0.25, 0.3) is 10.1 Å². The number of hydrogen-bond acceptors (Lipinski definition) is 5. The van der Waals surface area contributed by atoms with Crippen molar-refractivity contribution in [2.24, 2.45) is 10.8 Å². The molecular formula is C15H33O6PS. The Hall–Kier alpha value is 0.0600. The Kier molecular flexibility index (Phi) is 7.14. The maximum absolute atomic E-state index is 12.9. The second-order valence-corrected chi connectivity index (χ2v) is 13.0. The first kappa shape index (κ1) is 23.1. The largest absolute Gasteiger partial charge is 0.333 e. The average molecular weight is 372 g/mol. The quantitative estimate of drug-likeness (QED) is 0.527. The standard InChI is InChI=1S/C15H33O6PS/c1-13(2,3)11-15(7,23(17,18)19)10-12(14(4,5)6)22(16,20-8)21-9/h12H,10-11H2,1-9H3,(H,17,18,19). The summed E-state index contributed by atoms with van der Waals surface area (Å²) in [4.78, 5) is 0. The molecule has 0 bridgehead atoms. The maximum atomic E-state index is 12.9. The van der Waals surface area contributed by atoms with Crippen LogP contribution in [0.25, 0.3) is 0 Å². The van der Waals surface area contributed by atoms with Gasteiger partial charge in [-0.3, -0.25) is 9.12 Å². The summed E-state index contributed by atoms with van der Waals surface area (Å²) in [7, 11) is -5.30. The van der Waals surface area contributed by atoms with Crippen molar-refractivity contribution in [2.45, 2.75) is 71.7 Å². The van der Waals surface area contributed by atoms with Crippen LogP contribution < -0.4 is 0 Å². The Balaban J connectivity index is 6.08. The van der Waals surface area contributed by atoms with Gasteiger partial charge in [-0.1, -0.05) is 41.5 Å². The van der Waals surface area contributed by atoms with Gasteiger partial charge >= 0.3 is 7.60 Å². The molecule has 0 radical (unpaired) electrons. The van der Waals surface area contributed by atoms with Crippen molar-refractivity contribution in [1.82, 2.24) is 0 Å². The SMILES string of the molecule is COP(=O)(OC)C(CC(C)(CC(C)(C)C)S(=O)(=O)O)C(C)(C)C. The van der Waals surface area contributed by atoms with E-state index < -0.39 is 33.5 Å². The first-order chi connectivity index (χ1) is 9.92. The third-order valence-corrected chi connectivity index (χ3v) is 8.34. The molecule has 0 aromatic heterocycles. The van der Waals surface area contributed by atoms with Crippen molar-refractivity contribution in [2.75, 3.05) is 14.2 Å². The van der Waals surface area contributed by atoms with Crippen LogP contribution >= 0.6 is 7.60 Å². The molecule has 2 unspecified atom stereocenters. The van der Waals surface area contributed by atoms with E-state index >= 15 is 0 Å². The zero-order chi connectivity index (χ0) is 18.9. The fourth-order valence-electron chi connectivity index (χ4n) is 3.02. The molecule has 0 heterocycles. The Morgan fingerprint density at radius 1 is 1.00 bits per heavy atom. The van der Waals surface area contributed by atoms with Gasteiger partial charge in [0, 0.05) is 14.2 Å². The first-order valence-electron chi connectivity index (χ1n) is 7.60. The van der Waals surface area contributed by atoms with Crippen LogP contribution in [0.5, 0.6) is 0 Å². The number of hydrogen-bond donors (Lipinski definition) is 1. The minimum Gasteiger partial charge on any atom is -0.312 e. The van der Waals surface area contributed by atoms with E-state index in [1.165, 1.54) is 21.1 Å². The maximum Gasteiger partial charge on any atom is 0.333 e. The molecule has 8 heteroatoms. The molecule has 0 rings (SSSR count). The molecular weight excluding hydrogens is 339 g/mol. The Morgan fingerprint density at radius 3 is 1.61 bits per heavy atom. The second kappa shape index (κ2) is 7.12. The predicted molar refractivity (Wildman–Crippen MR) is 93.5 cm³/mol. The fraction of sp³-hybridized carbons (Fsp3) is 1.00. The minimum atomic E-state index is -4.36. The van der Waals surface area contributed by atoms with Crippen LogP contribution in [0, 0.1) is 10.8 Å². The summed E-state index contributed by atoms with van der Waals surface area (Å²) in [5, 5.41) is 0. The van der Waals surface area contributed by atoms with Gasteiger partial charge in [-0.2, -0.15) is 8.42 Å². The van der Waals surface area contributed by atoms with Crippen LogP contribution in [0.15, 0.2) is 0 Å². The van der Waals surface area contributed by atoms with Crippen LogP contribution in [0.1, 0.15) is 61.3 Å². The van der Waals surface area contributed by atoms with Crippen molar-refractivity contribution in [3.05, 3.63) is 0 Å². The van der Waals surface area contributed by atoms with E-state index in [9.17, 15) is 17.5 Å². The predicted octanol–water partition coefficient (Wildman–Crippen LogP) is 4.36. The lowest BCUT2D eigenvalue weighted by atomic mass is 9.79. The summed E-state index contributed by atoms with van der Waals surface area (Å²) in [5.41, 5.74) is -1.55. The van der Waals surface area contributed by atoms with E-state index in [1.807, 2.05) is 41.5 Å². The molecule has 140 valence electrons. The zero-order valence-corrected chi connectivity index (χ0v) is 17.5. The van der Waals surface area contributed by atoms with Crippen molar-refractivity contribution < 1.29 is 26.6 Å². The highest BCUT2D eigenvalue weighted by Crippen LogP contribution is 2.60. The lowest BCUT2D eigenvalue weighted by Crippen LogP contribution is -2.44. The highest BCUT2D eigenvalue weighted by Gasteiger charge is 2.51. The summed E-state index contributed by atoms with van der Waals surface area (Å²) in [6.07, 6.45) is 0.199. The van der Waals surface area contributed by atoms with Gasteiger partial charge in [0.2, 0.25) is 0 Å². The van der Waals surface area contributed by atoms with Crippen LogP contribution in [0.3, 0.4) is 0 Å². The van der Waals surface area contributed by atoms with Gasteiger partial charge < -0.3 is 9.05 Å². The summed E-state index contributed by atoms with van der Waals surface area (Å²) in [6, 6.07) is 0. The van der Waals surface area contributed by atoms with Crippen molar-refractivity contribution in [3.8, 4) is 0 Å². The molecule has 0 saturated heterocycles. The van der Waals surface area contributed by atoms with Gasteiger partial charge in [-0.05, 0) is 30.6 Å². The van der Waals surface area contributed by atoms with Crippen molar-refractivity contribution in [1.29, 1.82) is 0 Å². The van der Waals surface area contributed by atoms with Crippen molar-refractivity contribution in [3.63, 3.8) is 0 Å². The minimum absolute atomic E-state index is 0.0223. The summed E-state index contributed by atoms with van der Waals surface area (Å²) >= 11 is 0. The Morgan fingerprint density at radius 2 is 1.39 bits per heavy atom. The Bertz CT molecular complexity index is 535. The molecule has 0 aliphatic heterocycles.